The zero-order chi connectivity index (χ0) is 10.1. The summed E-state index contributed by atoms with van der Waals surface area (Å²) in [6.07, 6.45) is 0.847. The molecule has 0 saturated carbocycles. The van der Waals surface area contributed by atoms with Crippen LogP contribution in [0.5, 0.6) is 0 Å². The van der Waals surface area contributed by atoms with E-state index in [-0.39, 0.29) is 6.61 Å². The number of aliphatic hydroxyl groups excluding tert-OH is 1. The Morgan fingerprint density at radius 2 is 1.85 bits per heavy atom. The number of rotatable bonds is 2. The van der Waals surface area contributed by atoms with Gasteiger partial charge in [0.1, 0.15) is 6.29 Å². The monoisotopic (exact) mass is 181 g/mol. The highest BCUT2D eigenvalue weighted by Crippen LogP contribution is 1.98. The SMILES string of the molecule is Cc1ccc(C=O)cc1.NCCO. The van der Waals surface area contributed by atoms with Gasteiger partial charge < -0.3 is 10.8 Å². The van der Waals surface area contributed by atoms with Crippen molar-refractivity contribution in [2.75, 3.05) is 13.2 Å². The van der Waals surface area contributed by atoms with Crippen LogP contribution in [0.25, 0.3) is 0 Å². The van der Waals surface area contributed by atoms with Gasteiger partial charge in [0.2, 0.25) is 0 Å². The Kier molecular flexibility index (Phi) is 6.78. The summed E-state index contributed by atoms with van der Waals surface area (Å²) >= 11 is 0. The minimum Gasteiger partial charge on any atom is -0.395 e. The molecule has 72 valence electrons. The van der Waals surface area contributed by atoms with Crippen molar-refractivity contribution in [3.63, 3.8) is 0 Å². The third kappa shape index (κ3) is 6.02. The molecule has 0 atom stereocenters. The second-order valence-electron chi connectivity index (χ2n) is 2.54. The summed E-state index contributed by atoms with van der Waals surface area (Å²) in [5, 5.41) is 7.75. The molecule has 0 heterocycles. The highest BCUT2D eigenvalue weighted by Gasteiger charge is 1.85. The van der Waals surface area contributed by atoms with E-state index in [0.717, 1.165) is 11.8 Å². The van der Waals surface area contributed by atoms with Crippen molar-refractivity contribution in [1.82, 2.24) is 0 Å². The lowest BCUT2D eigenvalue weighted by Gasteiger charge is -1.89. The smallest absolute Gasteiger partial charge is 0.150 e. The van der Waals surface area contributed by atoms with Crippen LogP contribution >= 0.6 is 0 Å². The van der Waals surface area contributed by atoms with E-state index in [1.54, 1.807) is 0 Å². The summed E-state index contributed by atoms with van der Waals surface area (Å²) in [6.45, 7) is 2.47. The van der Waals surface area contributed by atoms with E-state index in [9.17, 15) is 4.79 Å². The molecule has 3 nitrogen and oxygen atoms in total. The molecule has 0 aliphatic carbocycles. The minimum atomic E-state index is 0.0972. The van der Waals surface area contributed by atoms with Gasteiger partial charge in [-0.25, -0.2) is 0 Å². The standard InChI is InChI=1S/C8H8O.C2H7NO/c1-7-2-4-8(6-9)5-3-7;3-1-2-4/h2-6H,1H3;4H,1-3H2. The van der Waals surface area contributed by atoms with Crippen LogP contribution in [-0.2, 0) is 0 Å². The van der Waals surface area contributed by atoms with E-state index in [1.165, 1.54) is 5.56 Å². The molecule has 0 saturated heterocycles. The van der Waals surface area contributed by atoms with E-state index in [0.29, 0.717) is 6.54 Å². The first-order chi connectivity index (χ1) is 6.24. The van der Waals surface area contributed by atoms with Gasteiger partial charge in [0.05, 0.1) is 6.61 Å². The molecular weight excluding hydrogens is 166 g/mol. The quantitative estimate of drug-likeness (QED) is 0.661. The molecule has 0 unspecified atom stereocenters. The third-order valence-electron chi connectivity index (χ3n) is 1.34. The van der Waals surface area contributed by atoms with Crippen molar-refractivity contribution < 1.29 is 9.90 Å². The second kappa shape index (κ2) is 7.46. The summed E-state index contributed by atoms with van der Waals surface area (Å²) in [4.78, 5) is 10.1. The lowest BCUT2D eigenvalue weighted by molar-refractivity contribution is 0.112. The molecule has 1 aromatic rings. The fraction of sp³-hybridized carbons (Fsp3) is 0.300. The van der Waals surface area contributed by atoms with Crippen molar-refractivity contribution in [2.45, 2.75) is 6.92 Å². The van der Waals surface area contributed by atoms with E-state index in [1.807, 2.05) is 31.2 Å². The van der Waals surface area contributed by atoms with Gasteiger partial charge >= 0.3 is 0 Å². The number of nitrogens with two attached hydrogens (primary N) is 1. The normalized spacial score (nSPS) is 8.54. The number of hydrogen-bond acceptors (Lipinski definition) is 3. The van der Waals surface area contributed by atoms with Gasteiger partial charge in [-0.05, 0) is 6.92 Å². The molecule has 0 radical (unpaired) electrons. The molecule has 0 amide bonds. The van der Waals surface area contributed by atoms with E-state index in [2.05, 4.69) is 0 Å². The molecule has 3 N–H and O–H groups in total. The average molecular weight is 181 g/mol. The topological polar surface area (TPSA) is 63.3 Å². The maximum absolute atomic E-state index is 10.1. The van der Waals surface area contributed by atoms with Crippen LogP contribution < -0.4 is 5.73 Å². The Balaban J connectivity index is 0.000000310. The Labute approximate surface area is 78.2 Å². The van der Waals surface area contributed by atoms with Gasteiger partial charge in [-0.3, -0.25) is 4.79 Å². The number of benzene rings is 1. The first-order valence-electron chi connectivity index (χ1n) is 4.07. The molecule has 0 bridgehead atoms. The van der Waals surface area contributed by atoms with Gasteiger partial charge in [0, 0.05) is 12.1 Å². The Bertz CT molecular complexity index is 229. The summed E-state index contributed by atoms with van der Waals surface area (Å²) in [7, 11) is 0. The molecule has 0 fully saturated rings. The van der Waals surface area contributed by atoms with Crippen LogP contribution in [0.2, 0.25) is 0 Å². The number of hydrogen-bond donors (Lipinski definition) is 2. The van der Waals surface area contributed by atoms with Crippen LogP contribution in [-0.4, -0.2) is 24.5 Å². The number of aliphatic hydroxyl groups is 1. The number of carbonyl (C=O) groups excluding carboxylic acids is 1. The summed E-state index contributed by atoms with van der Waals surface area (Å²) in [6, 6.07) is 7.46. The summed E-state index contributed by atoms with van der Waals surface area (Å²) < 4.78 is 0. The fourth-order valence-electron chi connectivity index (χ4n) is 0.645. The minimum absolute atomic E-state index is 0.0972. The van der Waals surface area contributed by atoms with E-state index < -0.39 is 0 Å². The summed E-state index contributed by atoms with van der Waals surface area (Å²) in [5.41, 5.74) is 6.70. The van der Waals surface area contributed by atoms with E-state index in [4.69, 9.17) is 10.8 Å². The molecule has 1 aromatic carbocycles. The van der Waals surface area contributed by atoms with Crippen LogP contribution in [0.1, 0.15) is 15.9 Å². The van der Waals surface area contributed by atoms with Gasteiger partial charge in [-0.1, -0.05) is 29.8 Å². The Morgan fingerprint density at radius 3 is 2.15 bits per heavy atom. The van der Waals surface area contributed by atoms with Crippen molar-refractivity contribution in [3.8, 4) is 0 Å². The number of aldehydes is 1. The van der Waals surface area contributed by atoms with Crippen molar-refractivity contribution >= 4 is 6.29 Å². The summed E-state index contributed by atoms with van der Waals surface area (Å²) in [5.74, 6) is 0. The van der Waals surface area contributed by atoms with Crippen LogP contribution in [0.3, 0.4) is 0 Å². The number of aryl methyl sites for hydroxylation is 1. The molecule has 0 aliphatic heterocycles. The largest absolute Gasteiger partial charge is 0.395 e. The first-order valence-corrected chi connectivity index (χ1v) is 4.07. The van der Waals surface area contributed by atoms with Crippen molar-refractivity contribution in [1.29, 1.82) is 0 Å². The molecule has 3 heteroatoms. The highest BCUT2D eigenvalue weighted by atomic mass is 16.3. The second-order valence-corrected chi connectivity index (χ2v) is 2.54. The molecule has 1 rings (SSSR count). The lowest BCUT2D eigenvalue weighted by Crippen LogP contribution is -2.02. The van der Waals surface area contributed by atoms with Crippen molar-refractivity contribution in [2.24, 2.45) is 5.73 Å². The zero-order valence-corrected chi connectivity index (χ0v) is 7.73. The molecule has 13 heavy (non-hydrogen) atoms. The highest BCUT2D eigenvalue weighted by molar-refractivity contribution is 5.74. The van der Waals surface area contributed by atoms with E-state index >= 15 is 0 Å². The molecule has 0 aromatic heterocycles. The van der Waals surface area contributed by atoms with Gasteiger partial charge in [0.25, 0.3) is 0 Å². The predicted octanol–water partition coefficient (Wildman–Crippen LogP) is 0.745. The predicted molar refractivity (Wildman–Crippen MR) is 52.7 cm³/mol. The maximum atomic E-state index is 10.1. The molecule has 0 spiro atoms. The first kappa shape index (κ1) is 11.8. The van der Waals surface area contributed by atoms with Crippen LogP contribution in [0.15, 0.2) is 24.3 Å². The van der Waals surface area contributed by atoms with Crippen LogP contribution in [0.4, 0.5) is 0 Å². The Hall–Kier alpha value is -1.19. The molecule has 0 aliphatic rings. The van der Waals surface area contributed by atoms with Gasteiger partial charge in [-0.15, -0.1) is 0 Å². The zero-order valence-electron chi connectivity index (χ0n) is 7.73. The molecular formula is C10H15NO2. The fourth-order valence-corrected chi connectivity index (χ4v) is 0.645. The third-order valence-corrected chi connectivity index (χ3v) is 1.34. The number of carbonyl (C=O) groups is 1. The average Bonchev–Trinajstić information content (AvgIpc) is 2.19. The van der Waals surface area contributed by atoms with Gasteiger partial charge in [-0.2, -0.15) is 0 Å². The van der Waals surface area contributed by atoms with Crippen molar-refractivity contribution in [3.05, 3.63) is 35.4 Å². The van der Waals surface area contributed by atoms with Crippen LogP contribution in [0, 0.1) is 6.92 Å². The maximum Gasteiger partial charge on any atom is 0.150 e. The van der Waals surface area contributed by atoms with Gasteiger partial charge in [0.15, 0.2) is 0 Å². The lowest BCUT2D eigenvalue weighted by atomic mass is 10.2. The Morgan fingerprint density at radius 1 is 1.38 bits per heavy atom.